The van der Waals surface area contributed by atoms with Gasteiger partial charge in [0.25, 0.3) is 0 Å². The molecular weight excluding hydrogens is 761 g/mol. The molecule has 0 amide bonds. The van der Waals surface area contributed by atoms with Crippen LogP contribution in [0.4, 0.5) is 11.4 Å². The van der Waals surface area contributed by atoms with E-state index in [0.29, 0.717) is 0 Å². The van der Waals surface area contributed by atoms with E-state index in [0.717, 1.165) is 47.4 Å². The molecule has 0 fully saturated rings. The van der Waals surface area contributed by atoms with E-state index in [9.17, 15) is 0 Å². The first-order chi connectivity index (χ1) is 30.5. The highest BCUT2D eigenvalue weighted by Gasteiger charge is 2.22. The quantitative estimate of drug-likeness (QED) is 0.139. The van der Waals surface area contributed by atoms with Gasteiger partial charge in [0.1, 0.15) is 0 Å². The first-order valence-electron chi connectivity index (χ1n) is 22.1. The Labute approximate surface area is 377 Å². The Morgan fingerprint density at radius 2 is 1.21 bits per heavy atom. The van der Waals surface area contributed by atoms with Crippen molar-refractivity contribution in [1.82, 2.24) is 0 Å². The number of anilines is 2. The summed E-state index contributed by atoms with van der Waals surface area (Å²) in [5.74, 6) is 0. The monoisotopic (exact) mass is 820 g/mol. The molecule has 2 heteroatoms. The van der Waals surface area contributed by atoms with Gasteiger partial charge in [0.05, 0.1) is 5.70 Å². The topological polar surface area (TPSA) is 15.6 Å². The third kappa shape index (κ3) is 10.2. The van der Waals surface area contributed by atoms with E-state index in [1.165, 1.54) is 83.8 Å². The van der Waals surface area contributed by atoms with Crippen LogP contribution in [-0.2, 0) is 6.42 Å². The molecule has 0 radical (unpaired) electrons. The molecule has 7 aromatic rings. The third-order valence-electron chi connectivity index (χ3n) is 12.2. The van der Waals surface area contributed by atoms with Crippen molar-refractivity contribution in [3.63, 3.8) is 0 Å². The fraction of sp³-hybridized carbons (Fsp3) is 0.164. The summed E-state index contributed by atoms with van der Waals surface area (Å²) in [7, 11) is 0. The lowest BCUT2D eigenvalue weighted by molar-refractivity contribution is 0.993. The highest BCUT2D eigenvalue weighted by Crippen LogP contribution is 2.42. The van der Waals surface area contributed by atoms with Crippen LogP contribution in [-0.4, -0.2) is 5.71 Å². The summed E-state index contributed by atoms with van der Waals surface area (Å²) < 4.78 is 0. The largest absolute Gasteiger partial charge is 0.310 e. The number of benzene rings is 7. The van der Waals surface area contributed by atoms with Gasteiger partial charge in [-0.25, -0.2) is 0 Å². The zero-order chi connectivity index (χ0) is 44.5. The summed E-state index contributed by atoms with van der Waals surface area (Å²) in [4.78, 5) is 6.97. The number of fused-ring (bicyclic) bond motifs is 3. The third-order valence-corrected chi connectivity index (χ3v) is 12.2. The minimum atomic E-state index is 0.798. The van der Waals surface area contributed by atoms with Gasteiger partial charge in [-0.15, -0.1) is 0 Å². The maximum Gasteiger partial charge on any atom is 0.0633 e. The van der Waals surface area contributed by atoms with Crippen LogP contribution in [0.2, 0.25) is 0 Å². The number of aliphatic imine (C=N–C) groups is 1. The van der Waals surface area contributed by atoms with E-state index in [1.54, 1.807) is 0 Å². The van der Waals surface area contributed by atoms with Crippen LogP contribution in [0.25, 0.3) is 33.5 Å². The van der Waals surface area contributed by atoms with E-state index in [-0.39, 0.29) is 0 Å². The second-order valence-electron chi connectivity index (χ2n) is 16.8. The molecule has 0 N–H and O–H groups in total. The lowest BCUT2D eigenvalue weighted by atomic mass is 9.92. The predicted octanol–water partition coefficient (Wildman–Crippen LogP) is 16.7. The fourth-order valence-corrected chi connectivity index (χ4v) is 8.55. The van der Waals surface area contributed by atoms with Gasteiger partial charge in [-0.2, -0.15) is 0 Å². The number of hydrogen-bond acceptors (Lipinski definition) is 2. The number of allylic oxidation sites excluding steroid dienone is 4. The van der Waals surface area contributed by atoms with Crippen LogP contribution in [0.5, 0.6) is 0 Å². The van der Waals surface area contributed by atoms with Crippen molar-refractivity contribution in [3.8, 4) is 22.3 Å². The predicted molar refractivity (Wildman–Crippen MR) is 274 cm³/mol. The van der Waals surface area contributed by atoms with Gasteiger partial charge in [-0.1, -0.05) is 182 Å². The highest BCUT2D eigenvalue weighted by molar-refractivity contribution is 6.01. The van der Waals surface area contributed by atoms with Crippen molar-refractivity contribution < 1.29 is 0 Å². The van der Waals surface area contributed by atoms with Crippen LogP contribution in [0.3, 0.4) is 0 Å². The van der Waals surface area contributed by atoms with Crippen LogP contribution >= 0.6 is 0 Å². The molecule has 0 saturated carbocycles. The van der Waals surface area contributed by atoms with Gasteiger partial charge in [0.15, 0.2) is 0 Å². The Hall–Kier alpha value is -7.03. The second-order valence-corrected chi connectivity index (χ2v) is 16.8. The van der Waals surface area contributed by atoms with Crippen molar-refractivity contribution >= 4 is 28.4 Å². The van der Waals surface area contributed by atoms with Crippen molar-refractivity contribution in [1.29, 1.82) is 0 Å². The lowest BCUT2D eigenvalue weighted by Gasteiger charge is -2.31. The van der Waals surface area contributed by atoms with Gasteiger partial charge in [-0.3, -0.25) is 4.99 Å². The Morgan fingerprint density at radius 3 is 1.87 bits per heavy atom. The minimum absolute atomic E-state index is 0.798. The molecule has 0 spiro atoms. The molecule has 2 nitrogen and oxygen atoms in total. The molecule has 0 bridgehead atoms. The summed E-state index contributed by atoms with van der Waals surface area (Å²) >= 11 is 0. The van der Waals surface area contributed by atoms with Gasteiger partial charge in [0.2, 0.25) is 0 Å². The van der Waals surface area contributed by atoms with E-state index in [2.05, 4.69) is 192 Å². The smallest absolute Gasteiger partial charge is 0.0633 e. The molecule has 0 unspecified atom stereocenters. The first kappa shape index (κ1) is 44.0. The van der Waals surface area contributed by atoms with Gasteiger partial charge >= 0.3 is 0 Å². The maximum atomic E-state index is 4.54. The fourth-order valence-electron chi connectivity index (χ4n) is 8.55. The normalized spacial score (nSPS) is 12.4. The van der Waals surface area contributed by atoms with Crippen molar-refractivity contribution in [3.05, 3.63) is 250 Å². The second kappa shape index (κ2) is 20.2. The zero-order valence-corrected chi connectivity index (χ0v) is 38.2. The number of hydrogen-bond donors (Lipinski definition) is 0. The number of aryl methyl sites for hydroxylation is 3. The van der Waals surface area contributed by atoms with E-state index in [1.807, 2.05) is 55.5 Å². The van der Waals surface area contributed by atoms with Gasteiger partial charge in [0, 0.05) is 22.8 Å². The molecule has 9 rings (SSSR count). The van der Waals surface area contributed by atoms with Gasteiger partial charge < -0.3 is 4.90 Å². The van der Waals surface area contributed by atoms with Crippen LogP contribution in [0, 0.1) is 34.6 Å². The molecule has 0 aliphatic heterocycles. The number of para-hydroxylation sites is 1. The zero-order valence-electron chi connectivity index (χ0n) is 38.2. The molecule has 0 aromatic heterocycles. The molecule has 0 saturated heterocycles. The molecule has 7 aromatic carbocycles. The van der Waals surface area contributed by atoms with Crippen LogP contribution < -0.4 is 4.90 Å². The van der Waals surface area contributed by atoms with E-state index in [4.69, 9.17) is 0 Å². The Balaban J connectivity index is 0.000000151. The molecule has 0 heterocycles. The average Bonchev–Trinajstić information content (AvgIpc) is 3.68. The first-order valence-corrected chi connectivity index (χ1v) is 22.1. The molecular formula is C61H60N2. The Kier molecular flexibility index (Phi) is 14.1. The molecule has 314 valence electrons. The summed E-state index contributed by atoms with van der Waals surface area (Å²) in [6, 6.07) is 55.4. The van der Waals surface area contributed by atoms with Crippen LogP contribution in [0.15, 0.2) is 200 Å². The summed E-state index contributed by atoms with van der Waals surface area (Å²) in [6.07, 6.45) is 10.2. The van der Waals surface area contributed by atoms with Crippen molar-refractivity contribution in [2.45, 2.75) is 67.7 Å². The Bertz CT molecular complexity index is 2850. The van der Waals surface area contributed by atoms with Gasteiger partial charge in [-0.05, 0) is 158 Å². The number of rotatable bonds is 8. The van der Waals surface area contributed by atoms with Crippen molar-refractivity contribution in [2.75, 3.05) is 4.90 Å². The standard InChI is InChI=1S/C28H29N.C17H16.C16H15N/c1-20-12-8-10-16-25(20)26-18-19-28(23(4)22(26)3)29(24-14-6-5-7-15-24)27-17-11-9-13-21(27)2;1-11(2)15-6-4-5-14-10-13-8-7-12(3)9-16(13)17(14)15;1-13(15-9-5-3-6-10-15)17-14(2)16-11-7-4-8-12-16/h6,8-19H,5,7H2,1-4H3;4-9H,1,10H2,2-3H3;3-12H,1H2,2H3. The maximum absolute atomic E-state index is 4.54. The molecule has 0 atom stereocenters. The molecule has 63 heavy (non-hydrogen) atoms. The Morgan fingerprint density at radius 1 is 0.540 bits per heavy atom. The SMILES string of the molecule is C=C(C)c1cccc2c1-c1cc(C)ccc1C2.C=C(N=C(C)c1ccccc1)c1ccccc1.Cc1ccccc1-c1ccc(N(C2=CCCC=C2)c2ccccc2C)c(C)c1C. The van der Waals surface area contributed by atoms with Crippen LogP contribution in [0.1, 0.15) is 82.3 Å². The summed E-state index contributed by atoms with van der Waals surface area (Å²) in [5, 5.41) is 0. The molecule has 2 aliphatic rings. The van der Waals surface area contributed by atoms with E-state index < -0.39 is 0 Å². The summed E-state index contributed by atoms with van der Waals surface area (Å²) in [6.45, 7) is 23.2. The van der Waals surface area contributed by atoms with Crippen molar-refractivity contribution in [2.24, 2.45) is 4.99 Å². The molecule has 2 aliphatic carbocycles. The van der Waals surface area contributed by atoms with E-state index >= 15 is 0 Å². The highest BCUT2D eigenvalue weighted by atomic mass is 15.2. The number of nitrogens with zero attached hydrogens (tertiary/aromatic N) is 2. The minimum Gasteiger partial charge on any atom is -0.310 e. The lowest BCUT2D eigenvalue weighted by Crippen LogP contribution is -2.18. The summed E-state index contributed by atoms with van der Waals surface area (Å²) in [5.41, 5.74) is 25.1. The average molecular weight is 821 g/mol.